The molecule has 0 saturated heterocycles. The van der Waals surface area contributed by atoms with Gasteiger partial charge in [-0.05, 0) is 34.1 Å². The molecule has 0 radical (unpaired) electrons. The molecular formula is C7H17O4PS. The van der Waals surface area contributed by atoms with Crippen molar-refractivity contribution < 1.29 is 17.2 Å². The Hall–Kier alpha value is 0.140. The van der Waals surface area contributed by atoms with E-state index < -0.39 is 28.4 Å². The van der Waals surface area contributed by atoms with Gasteiger partial charge in [-0.1, -0.05) is 0 Å². The van der Waals surface area contributed by atoms with Gasteiger partial charge in [-0.25, -0.2) is 0 Å². The smallest absolute Gasteiger partial charge is 0.277 e. The van der Waals surface area contributed by atoms with E-state index in [2.05, 4.69) is 0 Å². The molecule has 0 rings (SSSR count). The van der Waals surface area contributed by atoms with Crippen molar-refractivity contribution in [1.82, 2.24) is 0 Å². The minimum absolute atomic E-state index is 0.404. The molecule has 0 aromatic rings. The third-order valence-corrected chi connectivity index (χ3v) is 7.16. The largest absolute Gasteiger partial charge is 0.323 e. The second-order valence-corrected chi connectivity index (χ2v) is 9.55. The maximum atomic E-state index is 11.5. The van der Waals surface area contributed by atoms with Crippen LogP contribution in [0.4, 0.5) is 0 Å². The summed E-state index contributed by atoms with van der Waals surface area (Å²) in [6, 6.07) is 0. The Balaban J connectivity index is 4.77. The summed E-state index contributed by atoms with van der Waals surface area (Å²) >= 11 is 0. The first kappa shape index (κ1) is 13.1. The molecule has 0 aliphatic carbocycles. The molecule has 0 aliphatic heterocycles. The molecule has 13 heavy (non-hydrogen) atoms. The fourth-order valence-corrected chi connectivity index (χ4v) is 3.99. The highest BCUT2D eigenvalue weighted by atomic mass is 32.2. The van der Waals surface area contributed by atoms with E-state index in [1.54, 1.807) is 13.8 Å². The van der Waals surface area contributed by atoms with Gasteiger partial charge in [-0.2, -0.15) is 8.42 Å². The minimum atomic E-state index is -3.68. The van der Waals surface area contributed by atoms with E-state index in [-0.39, 0.29) is 0 Å². The van der Waals surface area contributed by atoms with Crippen LogP contribution in [0.15, 0.2) is 0 Å². The second kappa shape index (κ2) is 4.11. The first-order valence-corrected chi connectivity index (χ1v) is 8.18. The van der Waals surface area contributed by atoms with Crippen molar-refractivity contribution in [2.75, 3.05) is 13.3 Å². The van der Waals surface area contributed by atoms with Crippen LogP contribution in [0, 0.1) is 0 Å². The monoisotopic (exact) mass is 228 g/mol. The summed E-state index contributed by atoms with van der Waals surface area (Å²) in [4.78, 5) is -0.928. The molecule has 0 heterocycles. The highest BCUT2D eigenvalue weighted by molar-refractivity contribution is 7.96. The van der Waals surface area contributed by atoms with Gasteiger partial charge >= 0.3 is 0 Å². The summed E-state index contributed by atoms with van der Waals surface area (Å²) in [6.07, 6.45) is -0.404. The van der Waals surface area contributed by atoms with Gasteiger partial charge in [0.15, 0.2) is 0 Å². The van der Waals surface area contributed by atoms with Crippen LogP contribution in [-0.4, -0.2) is 32.8 Å². The number of hydrogen-bond acceptors (Lipinski definition) is 4. The third kappa shape index (κ3) is 4.25. The van der Waals surface area contributed by atoms with Gasteiger partial charge in [0.1, 0.15) is 12.1 Å². The summed E-state index contributed by atoms with van der Waals surface area (Å²) in [5.74, 6) is 0. The first-order valence-electron chi connectivity index (χ1n) is 4.04. The molecule has 1 unspecified atom stereocenters. The van der Waals surface area contributed by atoms with Gasteiger partial charge in [0.05, 0.1) is 6.10 Å². The number of rotatable bonds is 4. The van der Waals surface area contributed by atoms with Crippen molar-refractivity contribution >= 4 is 17.3 Å². The van der Waals surface area contributed by atoms with E-state index in [1.807, 2.05) is 0 Å². The van der Waals surface area contributed by atoms with Crippen molar-refractivity contribution in [3.05, 3.63) is 0 Å². The zero-order valence-electron chi connectivity index (χ0n) is 8.64. The lowest BCUT2D eigenvalue weighted by molar-refractivity contribution is 0.248. The molecule has 1 atom stereocenters. The predicted molar refractivity (Wildman–Crippen MR) is 54.1 cm³/mol. The Morgan fingerprint density at radius 2 is 1.54 bits per heavy atom. The Kier molecular flexibility index (Phi) is 4.16. The summed E-state index contributed by atoms with van der Waals surface area (Å²) in [5.41, 5.74) is 0. The lowest BCUT2D eigenvalue weighted by Crippen LogP contribution is -2.23. The molecule has 6 heteroatoms. The average molecular weight is 228 g/mol. The lowest BCUT2D eigenvalue weighted by Gasteiger charge is -2.18. The molecule has 0 aliphatic rings. The zero-order chi connectivity index (χ0) is 10.9. The van der Waals surface area contributed by atoms with Crippen LogP contribution >= 0.6 is 7.14 Å². The summed E-state index contributed by atoms with van der Waals surface area (Å²) in [7, 11) is -6.33. The summed E-state index contributed by atoms with van der Waals surface area (Å²) < 4.78 is 39.0. The van der Waals surface area contributed by atoms with E-state index in [0.717, 1.165) is 0 Å². The lowest BCUT2D eigenvalue weighted by atomic mass is 10.5. The van der Waals surface area contributed by atoms with E-state index in [9.17, 15) is 13.0 Å². The third-order valence-electron chi connectivity index (χ3n) is 1.62. The molecule has 0 N–H and O–H groups in total. The standard InChI is InChI=1S/C7H17O4PS/c1-6(2)11-13(9,10)7(3)12(4,5)8/h6-7H,1-5H3. The molecule has 0 bridgehead atoms. The second-order valence-electron chi connectivity index (χ2n) is 3.67. The summed E-state index contributed by atoms with van der Waals surface area (Å²) in [6.45, 7) is 7.55. The zero-order valence-corrected chi connectivity index (χ0v) is 10.4. The van der Waals surface area contributed by atoms with E-state index >= 15 is 0 Å². The van der Waals surface area contributed by atoms with Gasteiger partial charge in [-0.3, -0.25) is 4.18 Å². The molecule has 0 aromatic carbocycles. The molecule has 4 nitrogen and oxygen atoms in total. The van der Waals surface area contributed by atoms with Crippen molar-refractivity contribution in [2.24, 2.45) is 0 Å². The van der Waals surface area contributed by atoms with Crippen molar-refractivity contribution in [1.29, 1.82) is 0 Å². The molecule has 80 valence electrons. The molecule has 0 saturated carbocycles. The van der Waals surface area contributed by atoms with Crippen LogP contribution in [0.5, 0.6) is 0 Å². The Morgan fingerprint density at radius 3 is 1.77 bits per heavy atom. The maximum Gasteiger partial charge on any atom is 0.277 e. The fourth-order valence-electron chi connectivity index (χ4n) is 0.660. The van der Waals surface area contributed by atoms with Gasteiger partial charge in [0.2, 0.25) is 0 Å². The van der Waals surface area contributed by atoms with Gasteiger partial charge in [-0.15, -0.1) is 0 Å². The minimum Gasteiger partial charge on any atom is -0.323 e. The topological polar surface area (TPSA) is 60.4 Å². The van der Waals surface area contributed by atoms with E-state index in [1.165, 1.54) is 20.3 Å². The van der Waals surface area contributed by atoms with E-state index in [4.69, 9.17) is 4.18 Å². The highest BCUT2D eigenvalue weighted by Crippen LogP contribution is 2.45. The van der Waals surface area contributed by atoms with Crippen LogP contribution in [0.3, 0.4) is 0 Å². The molecule has 0 fully saturated rings. The number of hydrogen-bond donors (Lipinski definition) is 0. The SMILES string of the molecule is CC(C)OS(=O)(=O)C(C)P(C)(C)=O. The van der Waals surface area contributed by atoms with Crippen LogP contribution in [0.1, 0.15) is 20.8 Å². The first-order chi connectivity index (χ1) is 5.57. The molecule has 0 spiro atoms. The van der Waals surface area contributed by atoms with Crippen LogP contribution in [-0.2, 0) is 18.9 Å². The maximum absolute atomic E-state index is 11.5. The normalized spacial score (nSPS) is 16.2. The Morgan fingerprint density at radius 1 is 1.15 bits per heavy atom. The summed E-state index contributed by atoms with van der Waals surface area (Å²) in [5, 5.41) is 0. The molecular weight excluding hydrogens is 211 g/mol. The Labute approximate surface area is 80.2 Å². The van der Waals surface area contributed by atoms with Gasteiger partial charge < -0.3 is 4.57 Å². The predicted octanol–water partition coefficient (Wildman–Crippen LogP) is 1.71. The fraction of sp³-hybridized carbons (Fsp3) is 1.00. The molecule has 0 aromatic heterocycles. The Bertz CT molecular complexity index is 300. The van der Waals surface area contributed by atoms with Crippen LogP contribution in [0.2, 0.25) is 0 Å². The quantitative estimate of drug-likeness (QED) is 0.543. The van der Waals surface area contributed by atoms with Gasteiger partial charge in [0.25, 0.3) is 10.1 Å². The van der Waals surface area contributed by atoms with Crippen LogP contribution < -0.4 is 0 Å². The van der Waals surface area contributed by atoms with Crippen molar-refractivity contribution in [3.8, 4) is 0 Å². The van der Waals surface area contributed by atoms with E-state index in [0.29, 0.717) is 0 Å². The van der Waals surface area contributed by atoms with Crippen LogP contribution in [0.25, 0.3) is 0 Å². The van der Waals surface area contributed by atoms with Crippen molar-refractivity contribution in [3.63, 3.8) is 0 Å². The molecule has 0 amide bonds. The van der Waals surface area contributed by atoms with Gasteiger partial charge in [0, 0.05) is 0 Å². The average Bonchev–Trinajstić information content (AvgIpc) is 1.80. The highest BCUT2D eigenvalue weighted by Gasteiger charge is 2.32. The van der Waals surface area contributed by atoms with Crippen molar-refractivity contribution in [2.45, 2.75) is 31.9 Å².